The van der Waals surface area contributed by atoms with Crippen molar-refractivity contribution < 1.29 is 26.7 Å². The lowest BCUT2D eigenvalue weighted by molar-refractivity contribution is -0.137. The van der Waals surface area contributed by atoms with Crippen molar-refractivity contribution in [3.05, 3.63) is 35.4 Å². The van der Waals surface area contributed by atoms with Gasteiger partial charge in [0.2, 0.25) is 0 Å². The molecule has 0 bridgehead atoms. The monoisotopic (exact) mass is 296 g/mol. The minimum absolute atomic E-state index is 0.0785. The standard InChI is InChI=1S/C12H15F3O3S/c1-11(2,19(3,17)18)10(16)8-5-4-6-9(7-8)12(13,14)15/h4-7,10,16H,1-3H3. The van der Waals surface area contributed by atoms with E-state index in [4.69, 9.17) is 0 Å². The molecule has 3 nitrogen and oxygen atoms in total. The van der Waals surface area contributed by atoms with E-state index in [0.717, 1.165) is 24.5 Å². The third kappa shape index (κ3) is 3.27. The number of sulfone groups is 1. The highest BCUT2D eigenvalue weighted by molar-refractivity contribution is 7.92. The lowest BCUT2D eigenvalue weighted by Crippen LogP contribution is -2.37. The molecule has 0 spiro atoms. The summed E-state index contributed by atoms with van der Waals surface area (Å²) in [7, 11) is -3.63. The van der Waals surface area contributed by atoms with Gasteiger partial charge in [-0.1, -0.05) is 12.1 Å². The minimum Gasteiger partial charge on any atom is -0.387 e. The predicted molar refractivity (Wildman–Crippen MR) is 65.3 cm³/mol. The summed E-state index contributed by atoms with van der Waals surface area (Å²) in [6.45, 7) is 2.54. The Hall–Kier alpha value is -1.08. The van der Waals surface area contributed by atoms with Gasteiger partial charge in [-0.15, -0.1) is 0 Å². The quantitative estimate of drug-likeness (QED) is 0.932. The summed E-state index contributed by atoms with van der Waals surface area (Å²) in [5.41, 5.74) is -1.00. The van der Waals surface area contributed by atoms with E-state index in [0.29, 0.717) is 0 Å². The van der Waals surface area contributed by atoms with Crippen LogP contribution in [-0.2, 0) is 16.0 Å². The first-order valence-corrected chi connectivity index (χ1v) is 7.31. The normalized spacial score (nSPS) is 15.3. The minimum atomic E-state index is -4.54. The van der Waals surface area contributed by atoms with E-state index < -0.39 is 32.4 Å². The molecule has 0 aliphatic rings. The fraction of sp³-hybridized carbons (Fsp3) is 0.500. The van der Waals surface area contributed by atoms with Crippen LogP contribution in [0, 0.1) is 0 Å². The Kier molecular flexibility index (Phi) is 4.03. The predicted octanol–water partition coefficient (Wildman–Crippen LogP) is 2.56. The summed E-state index contributed by atoms with van der Waals surface area (Å²) in [5.74, 6) is 0. The van der Waals surface area contributed by atoms with Crippen molar-refractivity contribution in [3.63, 3.8) is 0 Å². The summed E-state index contributed by atoms with van der Waals surface area (Å²) < 4.78 is 59.2. The van der Waals surface area contributed by atoms with Gasteiger partial charge in [0.1, 0.15) is 0 Å². The summed E-state index contributed by atoms with van der Waals surface area (Å²) in [5, 5.41) is 10.0. The molecular weight excluding hydrogens is 281 g/mol. The second-order valence-electron chi connectivity index (χ2n) is 4.90. The van der Waals surface area contributed by atoms with Crippen LogP contribution in [0.15, 0.2) is 24.3 Å². The second kappa shape index (κ2) is 4.79. The third-order valence-corrected chi connectivity index (χ3v) is 5.28. The Labute approximate surface area is 110 Å². The molecule has 0 saturated carbocycles. The number of aliphatic hydroxyl groups is 1. The summed E-state index contributed by atoms with van der Waals surface area (Å²) in [6, 6.07) is 4.04. The Morgan fingerprint density at radius 1 is 1.21 bits per heavy atom. The van der Waals surface area contributed by atoms with Crippen LogP contribution in [0.4, 0.5) is 13.2 Å². The van der Waals surface area contributed by atoms with Crippen molar-refractivity contribution in [2.24, 2.45) is 0 Å². The maximum Gasteiger partial charge on any atom is 0.416 e. The van der Waals surface area contributed by atoms with Gasteiger partial charge in [-0.2, -0.15) is 13.2 Å². The molecule has 0 aromatic heterocycles. The van der Waals surface area contributed by atoms with Gasteiger partial charge in [-0.25, -0.2) is 8.42 Å². The van der Waals surface area contributed by atoms with Gasteiger partial charge >= 0.3 is 6.18 Å². The molecule has 108 valence electrons. The Bertz CT molecular complexity index is 562. The molecule has 1 N–H and O–H groups in total. The molecule has 0 fully saturated rings. The zero-order valence-corrected chi connectivity index (χ0v) is 11.5. The summed E-state index contributed by atoms with van der Waals surface area (Å²) in [6.07, 6.45) is -5.14. The number of hydrogen-bond acceptors (Lipinski definition) is 3. The number of halogens is 3. The van der Waals surface area contributed by atoms with Gasteiger partial charge in [-0.05, 0) is 31.5 Å². The first-order valence-electron chi connectivity index (χ1n) is 5.42. The fourth-order valence-electron chi connectivity index (χ4n) is 1.49. The Morgan fingerprint density at radius 2 is 1.74 bits per heavy atom. The molecular formula is C12H15F3O3S. The first-order chi connectivity index (χ1) is 8.37. The van der Waals surface area contributed by atoms with Gasteiger partial charge in [-0.3, -0.25) is 0 Å². The van der Waals surface area contributed by atoms with Crippen LogP contribution in [0.2, 0.25) is 0 Å². The summed E-state index contributed by atoms with van der Waals surface area (Å²) in [4.78, 5) is 0. The highest BCUT2D eigenvalue weighted by atomic mass is 32.2. The maximum absolute atomic E-state index is 12.6. The van der Waals surface area contributed by atoms with Gasteiger partial charge in [0, 0.05) is 6.26 Å². The number of benzene rings is 1. The first kappa shape index (κ1) is 16.0. The number of rotatable bonds is 3. The zero-order valence-electron chi connectivity index (χ0n) is 10.7. The molecule has 19 heavy (non-hydrogen) atoms. The Morgan fingerprint density at radius 3 is 2.16 bits per heavy atom. The smallest absolute Gasteiger partial charge is 0.387 e. The van der Waals surface area contributed by atoms with Gasteiger partial charge in [0.15, 0.2) is 9.84 Å². The van der Waals surface area contributed by atoms with E-state index in [1.165, 1.54) is 19.9 Å². The van der Waals surface area contributed by atoms with Crippen molar-refractivity contribution >= 4 is 9.84 Å². The molecule has 0 amide bonds. The molecule has 1 rings (SSSR count). The topological polar surface area (TPSA) is 54.4 Å². The average Bonchev–Trinajstić information content (AvgIpc) is 2.25. The van der Waals surface area contributed by atoms with Crippen molar-refractivity contribution in [2.45, 2.75) is 30.9 Å². The number of hydrogen-bond donors (Lipinski definition) is 1. The molecule has 1 aromatic carbocycles. The summed E-state index contributed by atoms with van der Waals surface area (Å²) >= 11 is 0. The lowest BCUT2D eigenvalue weighted by atomic mass is 9.96. The van der Waals surface area contributed by atoms with Crippen LogP contribution in [0.5, 0.6) is 0 Å². The van der Waals surface area contributed by atoms with Crippen LogP contribution in [0.3, 0.4) is 0 Å². The largest absolute Gasteiger partial charge is 0.416 e. The lowest BCUT2D eigenvalue weighted by Gasteiger charge is -2.29. The Balaban J connectivity index is 3.25. The highest BCUT2D eigenvalue weighted by Crippen LogP contribution is 2.35. The van der Waals surface area contributed by atoms with E-state index in [1.807, 2.05) is 0 Å². The number of aliphatic hydroxyl groups excluding tert-OH is 1. The van der Waals surface area contributed by atoms with Crippen molar-refractivity contribution in [1.82, 2.24) is 0 Å². The fourth-order valence-corrected chi connectivity index (χ4v) is 2.03. The van der Waals surface area contributed by atoms with Crippen LogP contribution >= 0.6 is 0 Å². The molecule has 0 aliphatic heterocycles. The van der Waals surface area contributed by atoms with Gasteiger partial charge in [0.25, 0.3) is 0 Å². The molecule has 0 saturated heterocycles. The average molecular weight is 296 g/mol. The van der Waals surface area contributed by atoms with Crippen LogP contribution in [0.1, 0.15) is 31.1 Å². The van der Waals surface area contributed by atoms with E-state index in [-0.39, 0.29) is 5.56 Å². The maximum atomic E-state index is 12.6. The van der Waals surface area contributed by atoms with Crippen LogP contribution in [-0.4, -0.2) is 24.5 Å². The molecule has 0 heterocycles. The van der Waals surface area contributed by atoms with Gasteiger partial charge in [0.05, 0.1) is 16.4 Å². The van der Waals surface area contributed by atoms with Crippen molar-refractivity contribution in [1.29, 1.82) is 0 Å². The van der Waals surface area contributed by atoms with E-state index in [9.17, 15) is 26.7 Å². The molecule has 1 aromatic rings. The van der Waals surface area contributed by atoms with Crippen molar-refractivity contribution in [2.75, 3.05) is 6.26 Å². The van der Waals surface area contributed by atoms with Gasteiger partial charge < -0.3 is 5.11 Å². The zero-order chi connectivity index (χ0) is 15.1. The third-order valence-electron chi connectivity index (χ3n) is 3.14. The molecule has 0 aliphatic carbocycles. The highest BCUT2D eigenvalue weighted by Gasteiger charge is 2.40. The second-order valence-corrected chi connectivity index (χ2v) is 7.50. The molecule has 1 atom stereocenters. The van der Waals surface area contributed by atoms with Crippen LogP contribution in [0.25, 0.3) is 0 Å². The molecule has 7 heteroatoms. The van der Waals surface area contributed by atoms with Crippen molar-refractivity contribution in [3.8, 4) is 0 Å². The van der Waals surface area contributed by atoms with E-state index in [1.54, 1.807) is 0 Å². The van der Waals surface area contributed by atoms with E-state index in [2.05, 4.69) is 0 Å². The van der Waals surface area contributed by atoms with Crippen LogP contribution < -0.4 is 0 Å². The molecule has 1 unspecified atom stereocenters. The SMILES string of the molecule is CC(C)(C(O)c1cccc(C(F)(F)F)c1)S(C)(=O)=O. The number of alkyl halides is 3. The molecule has 0 radical (unpaired) electrons. The van der Waals surface area contributed by atoms with E-state index >= 15 is 0 Å².